The van der Waals surface area contributed by atoms with Crippen LogP contribution in [-0.4, -0.2) is 24.9 Å². The second kappa shape index (κ2) is 16.7. The maximum atomic E-state index is 8.84. The van der Waals surface area contributed by atoms with Crippen LogP contribution >= 0.6 is 0 Å². The molecule has 0 fully saturated rings. The van der Waals surface area contributed by atoms with E-state index in [-0.39, 0.29) is 0 Å². The zero-order valence-electron chi connectivity index (χ0n) is 20.3. The molecule has 0 amide bonds. The fourth-order valence-corrected chi connectivity index (χ4v) is 3.34. The largest absolute Gasteiger partial charge is 0.493 e. The van der Waals surface area contributed by atoms with Crippen molar-refractivity contribution in [3.63, 3.8) is 0 Å². The summed E-state index contributed by atoms with van der Waals surface area (Å²) in [4.78, 5) is 0. The highest BCUT2D eigenvalue weighted by Crippen LogP contribution is 2.35. The number of hydrogen-bond donors (Lipinski definition) is 1. The number of allylic oxidation sites excluding steroid dienone is 4. The Morgan fingerprint density at radius 2 is 1.71 bits per heavy atom. The normalized spacial score (nSPS) is 11.8. The first-order valence-electron chi connectivity index (χ1n) is 12.0. The highest BCUT2D eigenvalue weighted by Gasteiger charge is 2.13. The summed E-state index contributed by atoms with van der Waals surface area (Å²) in [6.45, 7) is 14.3. The predicted molar refractivity (Wildman–Crippen MR) is 134 cm³/mol. The average Bonchev–Trinajstić information content (AvgIpc) is 2.77. The van der Waals surface area contributed by atoms with E-state index in [1.54, 1.807) is 0 Å². The molecule has 0 atom stereocenters. The fraction of sp³-hybridized carbons (Fsp3) is 0.571. The van der Waals surface area contributed by atoms with E-state index < -0.39 is 0 Å². The van der Waals surface area contributed by atoms with E-state index in [2.05, 4.69) is 45.6 Å². The van der Waals surface area contributed by atoms with Gasteiger partial charge >= 0.3 is 0 Å². The molecule has 0 unspecified atom stereocenters. The Morgan fingerprint density at radius 1 is 1.00 bits per heavy atom. The van der Waals surface area contributed by atoms with Crippen LogP contribution in [0.4, 0.5) is 0 Å². The van der Waals surface area contributed by atoms with Gasteiger partial charge in [-0.1, -0.05) is 63.8 Å². The molecule has 174 valence electrons. The van der Waals surface area contributed by atoms with Crippen molar-refractivity contribution in [1.82, 2.24) is 0 Å². The number of benzene rings is 1. The van der Waals surface area contributed by atoms with Gasteiger partial charge in [0.1, 0.15) is 18.1 Å². The summed E-state index contributed by atoms with van der Waals surface area (Å²) in [5.41, 5.74) is 4.46. The number of unbranched alkanes of at least 4 members (excludes halogenated alkanes) is 6. The molecule has 0 saturated heterocycles. The number of aliphatic hydroxyl groups is 1. The molecule has 0 bridgehead atoms. The molecule has 1 aromatic rings. The Bertz CT molecular complexity index is 700. The lowest BCUT2D eigenvalue weighted by Gasteiger charge is -2.18. The first-order valence-corrected chi connectivity index (χ1v) is 12.0. The first-order chi connectivity index (χ1) is 15.0. The third kappa shape index (κ3) is 11.3. The molecule has 1 N–H and O–H groups in total. The van der Waals surface area contributed by atoms with Gasteiger partial charge in [-0.25, -0.2) is 0 Å². The van der Waals surface area contributed by atoms with Gasteiger partial charge in [0, 0.05) is 12.2 Å². The fourth-order valence-electron chi connectivity index (χ4n) is 3.34. The summed E-state index contributed by atoms with van der Waals surface area (Å²) in [7, 11) is 0. The van der Waals surface area contributed by atoms with Gasteiger partial charge in [0.25, 0.3) is 0 Å². The highest BCUT2D eigenvalue weighted by molar-refractivity contribution is 5.71. The summed E-state index contributed by atoms with van der Waals surface area (Å²) in [5, 5.41) is 8.84. The minimum atomic E-state index is 0.305. The second-order valence-electron chi connectivity index (χ2n) is 8.34. The zero-order valence-corrected chi connectivity index (χ0v) is 20.3. The smallest absolute Gasteiger partial charge is 0.127 e. The molecule has 1 rings (SSSR count). The van der Waals surface area contributed by atoms with Crippen LogP contribution in [0.5, 0.6) is 11.5 Å². The van der Waals surface area contributed by atoms with Crippen LogP contribution < -0.4 is 9.47 Å². The van der Waals surface area contributed by atoms with E-state index in [0.717, 1.165) is 73.3 Å². The lowest BCUT2D eigenvalue weighted by atomic mass is 9.99. The number of ether oxygens (including phenoxy) is 2. The maximum absolute atomic E-state index is 8.84. The molecular weight excluding hydrogens is 384 g/mol. The van der Waals surface area contributed by atoms with Crippen LogP contribution in [0.15, 0.2) is 42.5 Å². The van der Waals surface area contributed by atoms with Crippen molar-refractivity contribution in [3.05, 3.63) is 53.6 Å². The van der Waals surface area contributed by atoms with Crippen molar-refractivity contribution in [2.75, 3.05) is 19.8 Å². The van der Waals surface area contributed by atoms with Crippen molar-refractivity contribution >= 4 is 5.57 Å². The Labute approximate surface area is 190 Å². The molecule has 0 radical (unpaired) electrons. The Morgan fingerprint density at radius 3 is 2.39 bits per heavy atom. The molecule has 0 aromatic heterocycles. The summed E-state index contributed by atoms with van der Waals surface area (Å²) in [5.74, 6) is 1.82. The molecule has 0 aliphatic rings. The average molecular weight is 429 g/mol. The van der Waals surface area contributed by atoms with Crippen LogP contribution in [0.2, 0.25) is 0 Å². The molecule has 31 heavy (non-hydrogen) atoms. The predicted octanol–water partition coefficient (Wildman–Crippen LogP) is 7.81. The molecular formula is C28H44O3. The van der Waals surface area contributed by atoms with Crippen LogP contribution in [0.25, 0.3) is 5.57 Å². The van der Waals surface area contributed by atoms with E-state index in [4.69, 9.17) is 14.6 Å². The number of rotatable bonds is 17. The van der Waals surface area contributed by atoms with Crippen molar-refractivity contribution in [2.24, 2.45) is 0 Å². The molecule has 1 aromatic carbocycles. The maximum Gasteiger partial charge on any atom is 0.127 e. The molecule has 3 heteroatoms. The van der Waals surface area contributed by atoms with Crippen molar-refractivity contribution in [1.29, 1.82) is 0 Å². The Balaban J connectivity index is 2.78. The van der Waals surface area contributed by atoms with Crippen LogP contribution in [0, 0.1) is 6.92 Å². The third-order valence-corrected chi connectivity index (χ3v) is 5.33. The quantitative estimate of drug-likeness (QED) is 0.203. The van der Waals surface area contributed by atoms with Crippen LogP contribution in [-0.2, 0) is 0 Å². The summed E-state index contributed by atoms with van der Waals surface area (Å²) in [6, 6.07) is 4.22. The third-order valence-electron chi connectivity index (χ3n) is 5.33. The minimum Gasteiger partial charge on any atom is -0.493 e. The zero-order chi connectivity index (χ0) is 22.9. The summed E-state index contributed by atoms with van der Waals surface area (Å²) >= 11 is 0. The van der Waals surface area contributed by atoms with Gasteiger partial charge in [-0.15, -0.1) is 0 Å². The van der Waals surface area contributed by atoms with E-state index in [0.29, 0.717) is 13.2 Å². The van der Waals surface area contributed by atoms with Gasteiger partial charge in [-0.3, -0.25) is 0 Å². The van der Waals surface area contributed by atoms with Crippen molar-refractivity contribution in [2.45, 2.75) is 85.5 Å². The molecule has 0 saturated carbocycles. The van der Waals surface area contributed by atoms with E-state index in [9.17, 15) is 0 Å². The molecule has 0 heterocycles. The lowest BCUT2D eigenvalue weighted by Crippen LogP contribution is -2.04. The standard InChI is InChI=1S/C28H44O3/c1-6-8-16-23(3)22-31-28-20-25(5)27(21-26(28)24(4)17-9-7-2)30-19-15-13-11-10-12-14-18-29/h6,8,16,20-21,29H,4,7,9-15,17-19,22H2,1-3,5H3/b8-6-,23-16+. The molecule has 0 aliphatic heterocycles. The highest BCUT2D eigenvalue weighted by atomic mass is 16.5. The SMILES string of the molecule is C=C(CCCC)c1cc(OCCCCCCCCO)c(C)cc1OC/C(C)=C/C=C\C. The van der Waals surface area contributed by atoms with Gasteiger partial charge in [-0.2, -0.15) is 0 Å². The van der Waals surface area contributed by atoms with E-state index in [1.807, 2.05) is 19.1 Å². The van der Waals surface area contributed by atoms with Gasteiger partial charge < -0.3 is 14.6 Å². The first kappa shape index (κ1) is 27.0. The number of aliphatic hydroxyl groups excluding tert-OH is 1. The van der Waals surface area contributed by atoms with Crippen LogP contribution in [0.1, 0.15) is 89.7 Å². The molecule has 3 nitrogen and oxygen atoms in total. The Hall–Kier alpha value is -2.00. The van der Waals surface area contributed by atoms with Gasteiger partial charge in [0.2, 0.25) is 0 Å². The monoisotopic (exact) mass is 428 g/mol. The minimum absolute atomic E-state index is 0.305. The van der Waals surface area contributed by atoms with Gasteiger partial charge in [0.15, 0.2) is 0 Å². The second-order valence-corrected chi connectivity index (χ2v) is 8.34. The van der Waals surface area contributed by atoms with Crippen molar-refractivity contribution < 1.29 is 14.6 Å². The lowest BCUT2D eigenvalue weighted by molar-refractivity contribution is 0.280. The number of aryl methyl sites for hydroxylation is 1. The topological polar surface area (TPSA) is 38.7 Å². The van der Waals surface area contributed by atoms with Gasteiger partial charge in [0.05, 0.1) is 6.61 Å². The van der Waals surface area contributed by atoms with Crippen LogP contribution in [0.3, 0.4) is 0 Å². The van der Waals surface area contributed by atoms with Crippen molar-refractivity contribution in [3.8, 4) is 11.5 Å². The number of hydrogen-bond acceptors (Lipinski definition) is 3. The van der Waals surface area contributed by atoms with E-state index in [1.165, 1.54) is 24.8 Å². The van der Waals surface area contributed by atoms with E-state index >= 15 is 0 Å². The molecule has 0 aliphatic carbocycles. The summed E-state index contributed by atoms with van der Waals surface area (Å²) < 4.78 is 12.3. The molecule has 0 spiro atoms. The van der Waals surface area contributed by atoms with Gasteiger partial charge in [-0.05, 0) is 75.3 Å². The Kier molecular flexibility index (Phi) is 14.5. The summed E-state index contributed by atoms with van der Waals surface area (Å²) in [6.07, 6.45) is 16.0.